The highest BCUT2D eigenvalue weighted by Crippen LogP contribution is 2.09. The number of imide groups is 1. The number of carbonyl (C=O) groups is 3. The maximum absolute atomic E-state index is 11.5. The van der Waals surface area contributed by atoms with Gasteiger partial charge in [0.05, 0.1) is 0 Å². The van der Waals surface area contributed by atoms with Crippen LogP contribution < -0.4 is 5.32 Å². The van der Waals surface area contributed by atoms with Crippen LogP contribution in [0.15, 0.2) is 0 Å². The Morgan fingerprint density at radius 2 is 2.20 bits per heavy atom. The molecule has 3 amide bonds. The third-order valence-electron chi connectivity index (χ3n) is 2.29. The first-order valence-corrected chi connectivity index (χ1v) is 4.90. The highest BCUT2D eigenvalue weighted by atomic mass is 16.4. The molecule has 0 spiro atoms. The Kier molecular flexibility index (Phi) is 3.65. The summed E-state index contributed by atoms with van der Waals surface area (Å²) in [5, 5.41) is 10.9. The van der Waals surface area contributed by atoms with Crippen LogP contribution in [0.2, 0.25) is 0 Å². The van der Waals surface area contributed by atoms with E-state index in [1.165, 1.54) is 0 Å². The number of amides is 3. The van der Waals surface area contributed by atoms with E-state index in [0.29, 0.717) is 12.8 Å². The van der Waals surface area contributed by atoms with Crippen molar-refractivity contribution in [3.63, 3.8) is 0 Å². The highest BCUT2D eigenvalue weighted by Gasteiger charge is 2.36. The largest absolute Gasteiger partial charge is 0.481 e. The summed E-state index contributed by atoms with van der Waals surface area (Å²) in [6, 6.07) is -0.862. The molecule has 0 aromatic rings. The minimum atomic E-state index is -0.922. The first kappa shape index (κ1) is 11.5. The van der Waals surface area contributed by atoms with Crippen molar-refractivity contribution in [2.24, 2.45) is 0 Å². The summed E-state index contributed by atoms with van der Waals surface area (Å²) in [5.41, 5.74) is 0. The molecule has 1 atom stereocenters. The maximum atomic E-state index is 11.5. The summed E-state index contributed by atoms with van der Waals surface area (Å²) in [4.78, 5) is 34.1. The van der Waals surface area contributed by atoms with Crippen LogP contribution in [0, 0.1) is 0 Å². The van der Waals surface area contributed by atoms with Gasteiger partial charge < -0.3 is 10.4 Å². The van der Waals surface area contributed by atoms with E-state index in [9.17, 15) is 14.4 Å². The van der Waals surface area contributed by atoms with E-state index in [-0.39, 0.29) is 18.9 Å². The van der Waals surface area contributed by atoms with Crippen molar-refractivity contribution in [1.29, 1.82) is 0 Å². The van der Waals surface area contributed by atoms with Gasteiger partial charge in [-0.15, -0.1) is 0 Å². The third kappa shape index (κ3) is 2.68. The molecule has 1 aliphatic rings. The maximum Gasteiger partial charge on any atom is 0.324 e. The molecule has 1 rings (SSSR count). The average Bonchev–Trinajstić information content (AvgIpc) is 2.44. The highest BCUT2D eigenvalue weighted by molar-refractivity contribution is 6.04. The van der Waals surface area contributed by atoms with Gasteiger partial charge in [-0.2, -0.15) is 0 Å². The standard InChI is InChI=1S/C9H14N2O4/c1-2-6-8(14)11(9(15)10-6)5-3-4-7(12)13/h6H,2-5H2,1H3,(H,10,15)(H,12,13). The van der Waals surface area contributed by atoms with E-state index >= 15 is 0 Å². The van der Waals surface area contributed by atoms with E-state index < -0.39 is 18.0 Å². The summed E-state index contributed by atoms with van der Waals surface area (Å²) in [6.07, 6.45) is 0.818. The Hall–Kier alpha value is -1.59. The van der Waals surface area contributed by atoms with E-state index in [4.69, 9.17) is 5.11 Å². The Bertz CT molecular complexity index is 290. The zero-order valence-corrected chi connectivity index (χ0v) is 8.52. The van der Waals surface area contributed by atoms with Crippen molar-refractivity contribution in [1.82, 2.24) is 10.2 Å². The fourth-order valence-corrected chi connectivity index (χ4v) is 1.45. The van der Waals surface area contributed by atoms with E-state index in [0.717, 1.165) is 4.90 Å². The van der Waals surface area contributed by atoms with Gasteiger partial charge in [0.2, 0.25) is 0 Å². The lowest BCUT2D eigenvalue weighted by Crippen LogP contribution is -2.32. The zero-order valence-electron chi connectivity index (χ0n) is 8.52. The number of carboxylic acids is 1. The first-order valence-electron chi connectivity index (χ1n) is 4.90. The van der Waals surface area contributed by atoms with Gasteiger partial charge in [-0.05, 0) is 12.8 Å². The lowest BCUT2D eigenvalue weighted by atomic mass is 10.2. The van der Waals surface area contributed by atoms with Crippen molar-refractivity contribution >= 4 is 17.9 Å². The van der Waals surface area contributed by atoms with Gasteiger partial charge in [-0.1, -0.05) is 6.92 Å². The molecule has 0 bridgehead atoms. The number of hydrogen-bond donors (Lipinski definition) is 2. The molecule has 1 saturated heterocycles. The van der Waals surface area contributed by atoms with Crippen molar-refractivity contribution in [2.45, 2.75) is 32.2 Å². The lowest BCUT2D eigenvalue weighted by molar-refractivity contribution is -0.137. The molecule has 1 aliphatic heterocycles. The van der Waals surface area contributed by atoms with Crippen LogP contribution in [-0.2, 0) is 9.59 Å². The molecule has 84 valence electrons. The fourth-order valence-electron chi connectivity index (χ4n) is 1.45. The smallest absolute Gasteiger partial charge is 0.324 e. The molecule has 1 heterocycles. The number of aliphatic carboxylic acids is 1. The number of nitrogens with one attached hydrogen (secondary N) is 1. The summed E-state index contributed by atoms with van der Waals surface area (Å²) < 4.78 is 0. The second-order valence-electron chi connectivity index (χ2n) is 3.40. The minimum absolute atomic E-state index is 0.0339. The van der Waals surface area contributed by atoms with Crippen molar-refractivity contribution < 1.29 is 19.5 Å². The molecule has 6 heteroatoms. The first-order chi connectivity index (χ1) is 7.06. The number of carboxylic acid groups (broad SMARTS) is 1. The van der Waals surface area contributed by atoms with Crippen LogP contribution in [0.1, 0.15) is 26.2 Å². The molecular weight excluding hydrogens is 200 g/mol. The van der Waals surface area contributed by atoms with Crippen LogP contribution in [0.3, 0.4) is 0 Å². The number of hydrogen-bond acceptors (Lipinski definition) is 3. The van der Waals surface area contributed by atoms with Gasteiger partial charge in [-0.3, -0.25) is 14.5 Å². The van der Waals surface area contributed by atoms with Crippen LogP contribution >= 0.6 is 0 Å². The van der Waals surface area contributed by atoms with Crippen molar-refractivity contribution in [2.75, 3.05) is 6.54 Å². The normalized spacial score (nSPS) is 20.6. The Morgan fingerprint density at radius 3 is 2.67 bits per heavy atom. The molecule has 1 unspecified atom stereocenters. The van der Waals surface area contributed by atoms with Gasteiger partial charge >= 0.3 is 12.0 Å². The number of nitrogens with zero attached hydrogens (tertiary/aromatic N) is 1. The topological polar surface area (TPSA) is 86.7 Å². The van der Waals surface area contributed by atoms with Gasteiger partial charge in [0.25, 0.3) is 5.91 Å². The monoisotopic (exact) mass is 214 g/mol. The number of carbonyl (C=O) groups excluding carboxylic acids is 2. The van der Waals surface area contributed by atoms with Gasteiger partial charge in [-0.25, -0.2) is 4.79 Å². The molecule has 0 aromatic carbocycles. The Morgan fingerprint density at radius 1 is 1.53 bits per heavy atom. The summed E-state index contributed by atoms with van der Waals surface area (Å²) in [5.74, 6) is -1.18. The Labute approximate surface area is 87.2 Å². The quantitative estimate of drug-likeness (QED) is 0.639. The van der Waals surface area contributed by atoms with Crippen molar-refractivity contribution in [3.8, 4) is 0 Å². The molecule has 1 fully saturated rings. The lowest BCUT2D eigenvalue weighted by Gasteiger charge is -2.11. The number of rotatable bonds is 5. The summed E-state index contributed by atoms with van der Waals surface area (Å²) >= 11 is 0. The molecule has 0 aliphatic carbocycles. The van der Waals surface area contributed by atoms with Gasteiger partial charge in [0.15, 0.2) is 0 Å². The fraction of sp³-hybridized carbons (Fsp3) is 0.667. The van der Waals surface area contributed by atoms with Crippen LogP contribution in [0.4, 0.5) is 4.79 Å². The second kappa shape index (κ2) is 4.77. The predicted octanol–water partition coefficient (Wildman–Crippen LogP) is 0.182. The van der Waals surface area contributed by atoms with E-state index in [2.05, 4.69) is 5.32 Å². The molecule has 15 heavy (non-hydrogen) atoms. The Balaban J connectivity index is 2.44. The second-order valence-corrected chi connectivity index (χ2v) is 3.40. The van der Waals surface area contributed by atoms with Gasteiger partial charge in [0.1, 0.15) is 6.04 Å². The van der Waals surface area contributed by atoms with Gasteiger partial charge in [0, 0.05) is 13.0 Å². The number of urea groups is 1. The predicted molar refractivity (Wildman–Crippen MR) is 51.2 cm³/mol. The van der Waals surface area contributed by atoms with E-state index in [1.54, 1.807) is 0 Å². The SMILES string of the molecule is CCC1NC(=O)N(CCCC(=O)O)C1=O. The average molecular weight is 214 g/mol. The van der Waals surface area contributed by atoms with Crippen LogP contribution in [-0.4, -0.2) is 40.5 Å². The van der Waals surface area contributed by atoms with Crippen molar-refractivity contribution in [3.05, 3.63) is 0 Å². The zero-order chi connectivity index (χ0) is 11.4. The molecular formula is C9H14N2O4. The molecule has 6 nitrogen and oxygen atoms in total. The molecule has 0 aromatic heterocycles. The minimum Gasteiger partial charge on any atom is -0.481 e. The summed E-state index contributed by atoms with van der Waals surface area (Å²) in [6.45, 7) is 1.98. The molecule has 2 N–H and O–H groups in total. The molecule has 0 radical (unpaired) electrons. The summed E-state index contributed by atoms with van der Waals surface area (Å²) in [7, 11) is 0. The van der Waals surface area contributed by atoms with Crippen LogP contribution in [0.5, 0.6) is 0 Å². The van der Waals surface area contributed by atoms with E-state index in [1.807, 2.05) is 6.92 Å². The third-order valence-corrected chi connectivity index (χ3v) is 2.29. The molecule has 0 saturated carbocycles. The van der Waals surface area contributed by atoms with Crippen LogP contribution in [0.25, 0.3) is 0 Å².